The van der Waals surface area contributed by atoms with Crippen LogP contribution in [0.25, 0.3) is 0 Å². The highest BCUT2D eigenvalue weighted by atomic mass is 16.5. The molecule has 0 spiro atoms. The Morgan fingerprint density at radius 3 is 2.52 bits per heavy atom. The fourth-order valence-corrected chi connectivity index (χ4v) is 4.19. The van der Waals surface area contributed by atoms with Crippen molar-refractivity contribution in [1.29, 1.82) is 0 Å². The molecule has 7 heteroatoms. The highest BCUT2D eigenvalue weighted by molar-refractivity contribution is 5.93. The minimum absolute atomic E-state index is 0.103. The average molecular weight is 455 g/mol. The van der Waals surface area contributed by atoms with Crippen LogP contribution < -0.4 is 15.0 Å². The third-order valence-electron chi connectivity index (χ3n) is 5.73. The van der Waals surface area contributed by atoms with Gasteiger partial charge < -0.3 is 24.8 Å². The zero-order chi connectivity index (χ0) is 23.6. The Bertz CT molecular complexity index is 940. The van der Waals surface area contributed by atoms with Crippen molar-refractivity contribution in [3.8, 4) is 5.75 Å². The molecule has 0 aliphatic carbocycles. The first-order valence-corrected chi connectivity index (χ1v) is 11.7. The topological polar surface area (TPSA) is 88.1 Å². The van der Waals surface area contributed by atoms with Crippen LogP contribution in [0, 0.1) is 0 Å². The van der Waals surface area contributed by atoms with Gasteiger partial charge in [0.05, 0.1) is 32.3 Å². The summed E-state index contributed by atoms with van der Waals surface area (Å²) in [6.45, 7) is 6.02. The number of aliphatic hydroxyl groups is 1. The number of hydrogen-bond acceptors (Lipinski definition) is 6. The Morgan fingerprint density at radius 2 is 1.82 bits per heavy atom. The monoisotopic (exact) mass is 454 g/mol. The van der Waals surface area contributed by atoms with Crippen molar-refractivity contribution in [3.63, 3.8) is 0 Å². The third kappa shape index (κ3) is 6.48. The van der Waals surface area contributed by atoms with Crippen molar-refractivity contribution in [2.45, 2.75) is 45.6 Å². The average Bonchev–Trinajstić information content (AvgIpc) is 2.83. The van der Waals surface area contributed by atoms with E-state index in [9.17, 15) is 14.7 Å². The summed E-state index contributed by atoms with van der Waals surface area (Å²) in [5, 5.41) is 13.0. The van der Waals surface area contributed by atoms with Gasteiger partial charge in [0, 0.05) is 24.3 Å². The number of ether oxygens (including phenoxy) is 2. The van der Waals surface area contributed by atoms with E-state index in [1.54, 1.807) is 25.1 Å². The number of aliphatic hydroxyl groups excluding tert-OH is 1. The van der Waals surface area contributed by atoms with Crippen LogP contribution in [0.5, 0.6) is 5.75 Å². The molecular weight excluding hydrogens is 420 g/mol. The van der Waals surface area contributed by atoms with E-state index in [1.807, 2.05) is 25.1 Å². The lowest BCUT2D eigenvalue weighted by Crippen LogP contribution is -2.35. The fourth-order valence-electron chi connectivity index (χ4n) is 4.19. The van der Waals surface area contributed by atoms with Crippen LogP contribution in [0.1, 0.15) is 60.6 Å². The Kier molecular flexibility index (Phi) is 9.13. The van der Waals surface area contributed by atoms with Crippen molar-refractivity contribution in [2.75, 3.05) is 37.8 Å². The number of para-hydroxylation sites is 1. The molecule has 2 N–H and O–H groups in total. The molecule has 2 aromatic carbocycles. The highest BCUT2D eigenvalue weighted by Crippen LogP contribution is 2.29. The van der Waals surface area contributed by atoms with Crippen LogP contribution >= 0.6 is 0 Å². The number of rotatable bonds is 10. The van der Waals surface area contributed by atoms with Crippen molar-refractivity contribution in [1.82, 2.24) is 5.32 Å². The van der Waals surface area contributed by atoms with Crippen molar-refractivity contribution in [2.24, 2.45) is 0 Å². The molecule has 1 atom stereocenters. The maximum atomic E-state index is 12.9. The van der Waals surface area contributed by atoms with Gasteiger partial charge in [-0.3, -0.25) is 4.79 Å². The maximum Gasteiger partial charge on any atom is 0.341 e. The number of amides is 1. The number of nitrogens with one attached hydrogen (secondary N) is 1. The number of piperidine rings is 1. The smallest absolute Gasteiger partial charge is 0.341 e. The van der Waals surface area contributed by atoms with Gasteiger partial charge in [-0.25, -0.2) is 4.79 Å². The van der Waals surface area contributed by atoms with E-state index in [-0.39, 0.29) is 25.5 Å². The van der Waals surface area contributed by atoms with Gasteiger partial charge >= 0.3 is 5.97 Å². The molecule has 3 rings (SSSR count). The number of esters is 1. The predicted molar refractivity (Wildman–Crippen MR) is 128 cm³/mol. The van der Waals surface area contributed by atoms with Crippen LogP contribution in [0.3, 0.4) is 0 Å². The SMILES string of the molecule is CCOC(=O)c1ccc(CC(=O)NC(CO)c2ccccc2N2CCCCC2)cc1OCC. The van der Waals surface area contributed by atoms with Crippen LogP contribution in [-0.2, 0) is 16.0 Å². The molecular formula is C26H34N2O5. The summed E-state index contributed by atoms with van der Waals surface area (Å²) in [7, 11) is 0. The van der Waals surface area contributed by atoms with E-state index in [0.717, 1.165) is 37.2 Å². The second-order valence-corrected chi connectivity index (χ2v) is 8.07. The lowest BCUT2D eigenvalue weighted by molar-refractivity contribution is -0.121. The largest absolute Gasteiger partial charge is 0.493 e. The van der Waals surface area contributed by atoms with Gasteiger partial charge in [0.2, 0.25) is 5.91 Å². The molecule has 1 aliphatic heterocycles. The molecule has 178 valence electrons. The molecule has 0 radical (unpaired) electrons. The number of nitrogens with zero attached hydrogens (tertiary/aromatic N) is 1. The predicted octanol–water partition coefficient (Wildman–Crippen LogP) is 3.64. The third-order valence-corrected chi connectivity index (χ3v) is 5.73. The molecule has 33 heavy (non-hydrogen) atoms. The van der Waals surface area contributed by atoms with E-state index in [2.05, 4.69) is 16.3 Å². The van der Waals surface area contributed by atoms with Crippen LogP contribution in [0.2, 0.25) is 0 Å². The molecule has 7 nitrogen and oxygen atoms in total. The zero-order valence-electron chi connectivity index (χ0n) is 19.5. The van der Waals surface area contributed by atoms with E-state index in [1.165, 1.54) is 6.42 Å². The first-order chi connectivity index (χ1) is 16.1. The van der Waals surface area contributed by atoms with E-state index >= 15 is 0 Å². The van der Waals surface area contributed by atoms with E-state index in [0.29, 0.717) is 23.5 Å². The number of carbonyl (C=O) groups is 2. The first kappa shape index (κ1) is 24.6. The Hall–Kier alpha value is -3.06. The number of hydrogen-bond donors (Lipinski definition) is 2. The summed E-state index contributed by atoms with van der Waals surface area (Å²) in [6.07, 6.45) is 3.63. The summed E-state index contributed by atoms with van der Waals surface area (Å²) in [5.74, 6) is -0.268. The van der Waals surface area contributed by atoms with Crippen molar-refractivity contribution < 1.29 is 24.2 Å². The molecule has 1 saturated heterocycles. The van der Waals surface area contributed by atoms with Crippen LogP contribution in [0.4, 0.5) is 5.69 Å². The molecule has 1 fully saturated rings. The maximum absolute atomic E-state index is 12.9. The Balaban J connectivity index is 1.73. The minimum Gasteiger partial charge on any atom is -0.493 e. The van der Waals surface area contributed by atoms with Gasteiger partial charge in [0.1, 0.15) is 11.3 Å². The molecule has 0 aromatic heterocycles. The summed E-state index contributed by atoms with van der Waals surface area (Å²) >= 11 is 0. The second-order valence-electron chi connectivity index (χ2n) is 8.07. The standard InChI is InChI=1S/C26H34N2O5/c1-3-32-24-16-19(12-13-21(24)26(31)33-4-2)17-25(30)27-22(18-29)20-10-6-7-11-23(20)28-14-8-5-9-15-28/h6-7,10-13,16,22,29H,3-5,8-9,14-15,17-18H2,1-2H3,(H,27,30). The molecule has 1 aliphatic rings. The minimum atomic E-state index is -0.499. The Morgan fingerprint density at radius 1 is 1.06 bits per heavy atom. The molecule has 0 bridgehead atoms. The van der Waals surface area contributed by atoms with Crippen molar-refractivity contribution in [3.05, 3.63) is 59.2 Å². The first-order valence-electron chi connectivity index (χ1n) is 11.7. The fraction of sp³-hybridized carbons (Fsp3) is 0.462. The highest BCUT2D eigenvalue weighted by Gasteiger charge is 2.22. The van der Waals surface area contributed by atoms with Gasteiger partial charge in [0.15, 0.2) is 0 Å². The molecule has 1 amide bonds. The van der Waals surface area contributed by atoms with Gasteiger partial charge in [-0.2, -0.15) is 0 Å². The zero-order valence-corrected chi connectivity index (χ0v) is 19.5. The molecule has 0 saturated carbocycles. The number of benzene rings is 2. The van der Waals surface area contributed by atoms with Gasteiger partial charge in [0.25, 0.3) is 0 Å². The normalized spacial score (nSPS) is 14.5. The Labute approximate surface area is 195 Å². The van der Waals surface area contributed by atoms with Gasteiger partial charge in [-0.1, -0.05) is 24.3 Å². The summed E-state index contributed by atoms with van der Waals surface area (Å²) in [4.78, 5) is 27.4. The van der Waals surface area contributed by atoms with E-state index < -0.39 is 12.0 Å². The summed E-state index contributed by atoms with van der Waals surface area (Å²) < 4.78 is 10.7. The van der Waals surface area contributed by atoms with Crippen LogP contribution in [0.15, 0.2) is 42.5 Å². The summed E-state index contributed by atoms with van der Waals surface area (Å²) in [5.41, 5.74) is 3.04. The molecule has 1 unspecified atom stereocenters. The lowest BCUT2D eigenvalue weighted by Gasteiger charge is -2.32. The second kappa shape index (κ2) is 12.3. The molecule has 2 aromatic rings. The quantitative estimate of drug-likeness (QED) is 0.533. The summed E-state index contributed by atoms with van der Waals surface area (Å²) in [6, 6.07) is 12.5. The van der Waals surface area contributed by atoms with E-state index in [4.69, 9.17) is 9.47 Å². The van der Waals surface area contributed by atoms with Crippen molar-refractivity contribution >= 4 is 17.6 Å². The van der Waals surface area contributed by atoms with Gasteiger partial charge in [-0.15, -0.1) is 0 Å². The van der Waals surface area contributed by atoms with Crippen LogP contribution in [-0.4, -0.2) is 49.9 Å². The van der Waals surface area contributed by atoms with Gasteiger partial charge in [-0.05, 0) is 56.9 Å². The molecule has 1 heterocycles. The number of carbonyl (C=O) groups excluding carboxylic acids is 2. The lowest BCUT2D eigenvalue weighted by atomic mass is 10.0. The number of anilines is 1.